The van der Waals surface area contributed by atoms with Crippen LogP contribution in [0.25, 0.3) is 26.4 Å². The molecule has 0 atom stereocenters. The van der Waals surface area contributed by atoms with Gasteiger partial charge in [-0.05, 0) is 42.3 Å². The first kappa shape index (κ1) is 15.5. The molecule has 0 radical (unpaired) electrons. The third kappa shape index (κ3) is 2.55. The second-order valence-corrected chi connectivity index (χ2v) is 8.17. The van der Waals surface area contributed by atoms with Gasteiger partial charge >= 0.3 is 0 Å². The normalized spacial score (nSPS) is 11.9. The van der Waals surface area contributed by atoms with Crippen LogP contribution in [0.2, 0.25) is 0 Å². The average Bonchev–Trinajstić information content (AvgIpc) is 3.22. The molecule has 8 heteroatoms. The lowest BCUT2D eigenvalue weighted by molar-refractivity contribution is 0.621. The molecule has 0 aliphatic rings. The van der Waals surface area contributed by atoms with E-state index in [2.05, 4.69) is 53.6 Å². The fraction of sp³-hybridized carbons (Fsp3) is 0.375. The SMILES string of the molecule is Cc1ccsc1-c1nn2c(-c3cc(CC(C)C)nn3C)nnc2s1. The molecule has 0 spiro atoms. The van der Waals surface area contributed by atoms with Crippen molar-refractivity contribution < 1.29 is 0 Å². The Morgan fingerprint density at radius 1 is 1.21 bits per heavy atom. The molecular formula is C16H18N6S2. The number of aromatic nitrogens is 6. The summed E-state index contributed by atoms with van der Waals surface area (Å²) in [5.41, 5.74) is 3.26. The Labute approximate surface area is 147 Å². The van der Waals surface area contributed by atoms with Crippen LogP contribution in [0.1, 0.15) is 25.1 Å². The van der Waals surface area contributed by atoms with Crippen molar-refractivity contribution >= 4 is 27.6 Å². The van der Waals surface area contributed by atoms with Crippen LogP contribution in [0, 0.1) is 12.8 Å². The largest absolute Gasteiger partial charge is 0.264 e. The summed E-state index contributed by atoms with van der Waals surface area (Å²) in [6.07, 6.45) is 0.951. The highest BCUT2D eigenvalue weighted by Crippen LogP contribution is 2.33. The van der Waals surface area contributed by atoms with Gasteiger partial charge in [0, 0.05) is 7.05 Å². The van der Waals surface area contributed by atoms with E-state index in [9.17, 15) is 0 Å². The molecule has 4 aromatic heterocycles. The Morgan fingerprint density at radius 3 is 2.75 bits per heavy atom. The molecule has 124 valence electrons. The molecule has 4 heterocycles. The van der Waals surface area contributed by atoms with E-state index in [0.717, 1.165) is 33.6 Å². The summed E-state index contributed by atoms with van der Waals surface area (Å²) in [5, 5.41) is 21.0. The quantitative estimate of drug-likeness (QED) is 0.556. The van der Waals surface area contributed by atoms with Crippen LogP contribution in [0.15, 0.2) is 17.5 Å². The predicted octanol–water partition coefficient (Wildman–Crippen LogP) is 3.82. The third-order valence-corrected chi connectivity index (χ3v) is 5.89. The van der Waals surface area contributed by atoms with Crippen LogP contribution in [-0.2, 0) is 13.5 Å². The van der Waals surface area contributed by atoms with Crippen molar-refractivity contribution in [3.8, 4) is 21.4 Å². The van der Waals surface area contributed by atoms with Crippen molar-refractivity contribution in [2.45, 2.75) is 27.2 Å². The highest BCUT2D eigenvalue weighted by atomic mass is 32.1. The van der Waals surface area contributed by atoms with Gasteiger partial charge in [0.2, 0.25) is 10.8 Å². The van der Waals surface area contributed by atoms with Gasteiger partial charge in [0.05, 0.1) is 10.6 Å². The van der Waals surface area contributed by atoms with Crippen LogP contribution in [0.4, 0.5) is 0 Å². The second kappa shape index (κ2) is 5.78. The lowest BCUT2D eigenvalue weighted by Gasteiger charge is -1.98. The van der Waals surface area contributed by atoms with Crippen LogP contribution < -0.4 is 0 Å². The van der Waals surface area contributed by atoms with E-state index >= 15 is 0 Å². The molecule has 0 unspecified atom stereocenters. The van der Waals surface area contributed by atoms with E-state index in [1.54, 1.807) is 22.7 Å². The number of rotatable bonds is 4. The second-order valence-electron chi connectivity index (χ2n) is 6.30. The predicted molar refractivity (Wildman–Crippen MR) is 97.5 cm³/mol. The van der Waals surface area contributed by atoms with E-state index in [-0.39, 0.29) is 0 Å². The number of hydrogen-bond donors (Lipinski definition) is 0. The first-order chi connectivity index (χ1) is 11.5. The standard InChI is InChI=1S/C16H18N6S2/c1-9(2)7-11-8-12(21(4)19-11)14-17-18-16-22(14)20-15(24-16)13-10(3)5-6-23-13/h5-6,8-9H,7H2,1-4H3. The molecule has 24 heavy (non-hydrogen) atoms. The fourth-order valence-corrected chi connectivity index (χ4v) is 4.63. The topological polar surface area (TPSA) is 60.9 Å². The zero-order valence-electron chi connectivity index (χ0n) is 14.0. The minimum atomic E-state index is 0.568. The summed E-state index contributed by atoms with van der Waals surface area (Å²) in [6, 6.07) is 4.20. The Kier molecular flexibility index (Phi) is 3.73. The van der Waals surface area contributed by atoms with Crippen LogP contribution in [0.5, 0.6) is 0 Å². The van der Waals surface area contributed by atoms with E-state index in [1.165, 1.54) is 10.4 Å². The summed E-state index contributed by atoms with van der Waals surface area (Å²) in [4.78, 5) is 2.00. The summed E-state index contributed by atoms with van der Waals surface area (Å²) in [6.45, 7) is 6.49. The maximum Gasteiger partial charge on any atom is 0.235 e. The molecular weight excluding hydrogens is 340 g/mol. The van der Waals surface area contributed by atoms with Gasteiger partial charge in [0.15, 0.2) is 5.01 Å². The molecule has 0 saturated carbocycles. The van der Waals surface area contributed by atoms with Gasteiger partial charge in [-0.3, -0.25) is 4.68 Å². The highest BCUT2D eigenvalue weighted by molar-refractivity contribution is 7.24. The minimum Gasteiger partial charge on any atom is -0.264 e. The molecule has 0 bridgehead atoms. The van der Waals surface area contributed by atoms with Crippen LogP contribution >= 0.6 is 22.7 Å². The van der Waals surface area contributed by atoms with Gasteiger partial charge in [-0.25, -0.2) is 0 Å². The van der Waals surface area contributed by atoms with Crippen LogP contribution in [0.3, 0.4) is 0 Å². The van der Waals surface area contributed by atoms with Gasteiger partial charge in [-0.2, -0.15) is 14.7 Å². The van der Waals surface area contributed by atoms with Crippen molar-refractivity contribution in [2.24, 2.45) is 13.0 Å². The van der Waals surface area contributed by atoms with E-state index in [4.69, 9.17) is 5.10 Å². The number of fused-ring (bicyclic) bond motifs is 1. The van der Waals surface area contributed by atoms with Crippen molar-refractivity contribution in [3.63, 3.8) is 0 Å². The lowest BCUT2D eigenvalue weighted by Crippen LogP contribution is -1.99. The van der Waals surface area contributed by atoms with Gasteiger partial charge in [-0.15, -0.1) is 21.5 Å². The first-order valence-electron chi connectivity index (χ1n) is 7.83. The molecule has 0 aliphatic heterocycles. The van der Waals surface area contributed by atoms with Crippen molar-refractivity contribution in [2.75, 3.05) is 0 Å². The maximum atomic E-state index is 4.74. The summed E-state index contributed by atoms with van der Waals surface area (Å²) < 4.78 is 3.69. The molecule has 4 aromatic rings. The highest BCUT2D eigenvalue weighted by Gasteiger charge is 2.19. The number of aryl methyl sites for hydroxylation is 2. The van der Waals surface area contributed by atoms with Gasteiger partial charge in [0.1, 0.15) is 5.69 Å². The van der Waals surface area contributed by atoms with E-state index in [0.29, 0.717) is 5.92 Å². The lowest BCUT2D eigenvalue weighted by atomic mass is 10.1. The smallest absolute Gasteiger partial charge is 0.235 e. The summed E-state index contributed by atoms with van der Waals surface area (Å²) >= 11 is 3.27. The Hall–Kier alpha value is -2.06. The Morgan fingerprint density at radius 2 is 2.04 bits per heavy atom. The Bertz CT molecular complexity index is 1000. The van der Waals surface area contributed by atoms with Gasteiger partial charge in [0.25, 0.3) is 0 Å². The Balaban J connectivity index is 1.79. The summed E-state index contributed by atoms with van der Waals surface area (Å²) in [7, 11) is 1.94. The number of hydrogen-bond acceptors (Lipinski definition) is 6. The number of nitrogens with zero attached hydrogens (tertiary/aromatic N) is 6. The average molecular weight is 358 g/mol. The third-order valence-electron chi connectivity index (χ3n) is 3.82. The molecule has 0 N–H and O–H groups in total. The molecule has 4 rings (SSSR count). The minimum absolute atomic E-state index is 0.568. The zero-order chi connectivity index (χ0) is 16.8. The van der Waals surface area contributed by atoms with Gasteiger partial charge in [-0.1, -0.05) is 25.2 Å². The molecule has 0 saturated heterocycles. The maximum absolute atomic E-state index is 4.74. The summed E-state index contributed by atoms with van der Waals surface area (Å²) in [5.74, 6) is 1.31. The first-order valence-corrected chi connectivity index (χ1v) is 9.52. The molecule has 0 aromatic carbocycles. The van der Waals surface area contributed by atoms with Crippen molar-refractivity contribution in [3.05, 3.63) is 28.8 Å². The number of thiophene rings is 1. The molecule has 6 nitrogen and oxygen atoms in total. The van der Waals surface area contributed by atoms with Gasteiger partial charge < -0.3 is 0 Å². The monoisotopic (exact) mass is 358 g/mol. The molecule has 0 fully saturated rings. The van der Waals surface area contributed by atoms with E-state index in [1.807, 2.05) is 16.2 Å². The zero-order valence-corrected chi connectivity index (χ0v) is 15.6. The van der Waals surface area contributed by atoms with Crippen molar-refractivity contribution in [1.29, 1.82) is 0 Å². The molecule has 0 amide bonds. The molecule has 0 aliphatic carbocycles. The van der Waals surface area contributed by atoms with Crippen LogP contribution in [-0.4, -0.2) is 29.6 Å². The van der Waals surface area contributed by atoms with E-state index < -0.39 is 0 Å². The van der Waals surface area contributed by atoms with Crippen molar-refractivity contribution in [1.82, 2.24) is 29.6 Å². The fourth-order valence-electron chi connectivity index (χ4n) is 2.71.